The maximum absolute atomic E-state index is 12.5. The number of ether oxygens (including phenoxy) is 1. The lowest BCUT2D eigenvalue weighted by molar-refractivity contribution is -0.127. The summed E-state index contributed by atoms with van der Waals surface area (Å²) >= 11 is 6.09. The van der Waals surface area contributed by atoms with Crippen LogP contribution in [-0.2, 0) is 9.53 Å². The Morgan fingerprint density at radius 2 is 2.08 bits per heavy atom. The molecule has 2 N–H and O–H groups in total. The molecule has 0 aliphatic carbocycles. The number of carbonyl (C=O) groups is 2. The molecule has 2 aliphatic heterocycles. The number of halogens is 1. The number of hydrogen-bond acceptors (Lipinski definition) is 3. The van der Waals surface area contributed by atoms with E-state index in [9.17, 15) is 9.59 Å². The first-order valence-corrected chi connectivity index (χ1v) is 9.05. The molecule has 2 aliphatic rings. The highest BCUT2D eigenvalue weighted by Gasteiger charge is 2.45. The molecule has 0 radical (unpaired) electrons. The van der Waals surface area contributed by atoms with Gasteiger partial charge < -0.3 is 20.3 Å². The lowest BCUT2D eigenvalue weighted by Crippen LogP contribution is -2.49. The Hall–Kier alpha value is -1.79. The van der Waals surface area contributed by atoms with Crippen LogP contribution < -0.4 is 10.6 Å². The molecule has 1 aromatic carbocycles. The molecule has 2 heterocycles. The summed E-state index contributed by atoms with van der Waals surface area (Å²) in [6.45, 7) is 5.67. The van der Waals surface area contributed by atoms with E-state index < -0.39 is 0 Å². The van der Waals surface area contributed by atoms with E-state index in [1.807, 2.05) is 12.1 Å². The Morgan fingerprint density at radius 3 is 2.80 bits per heavy atom. The van der Waals surface area contributed by atoms with Gasteiger partial charge in [-0.1, -0.05) is 37.6 Å². The number of amides is 3. The van der Waals surface area contributed by atoms with Crippen molar-refractivity contribution < 1.29 is 14.3 Å². The number of para-hydroxylation sites is 1. The number of nitrogens with one attached hydrogen (secondary N) is 2. The van der Waals surface area contributed by atoms with E-state index >= 15 is 0 Å². The summed E-state index contributed by atoms with van der Waals surface area (Å²) in [6.07, 6.45) is 0.318. The monoisotopic (exact) mass is 365 g/mol. The fourth-order valence-electron chi connectivity index (χ4n) is 3.29. The fraction of sp³-hybridized carbons (Fsp3) is 0.556. The first-order chi connectivity index (χ1) is 11.9. The Balaban J connectivity index is 1.59. The second kappa shape index (κ2) is 7.62. The van der Waals surface area contributed by atoms with Gasteiger partial charge in [0.25, 0.3) is 0 Å². The molecule has 0 aromatic heterocycles. The minimum absolute atomic E-state index is 0.0227. The molecule has 7 heteroatoms. The molecule has 0 spiro atoms. The highest BCUT2D eigenvalue weighted by Crippen LogP contribution is 2.32. The van der Waals surface area contributed by atoms with Crippen molar-refractivity contribution >= 4 is 29.2 Å². The average Bonchev–Trinajstić information content (AvgIpc) is 2.88. The number of anilines is 1. The van der Waals surface area contributed by atoms with Gasteiger partial charge in [-0.05, 0) is 24.5 Å². The van der Waals surface area contributed by atoms with E-state index in [0.717, 1.165) is 0 Å². The molecule has 2 saturated heterocycles. The minimum Gasteiger partial charge on any atom is -0.370 e. The van der Waals surface area contributed by atoms with Crippen LogP contribution in [-0.4, -0.2) is 48.7 Å². The van der Waals surface area contributed by atoms with Crippen molar-refractivity contribution in [3.8, 4) is 0 Å². The number of nitrogens with zero attached hydrogens (tertiary/aromatic N) is 1. The van der Waals surface area contributed by atoms with Crippen LogP contribution >= 0.6 is 11.6 Å². The number of rotatable bonds is 4. The number of carbonyl (C=O) groups excluding carboxylic acids is 2. The van der Waals surface area contributed by atoms with E-state index in [0.29, 0.717) is 42.7 Å². The van der Waals surface area contributed by atoms with Crippen molar-refractivity contribution in [2.24, 2.45) is 11.8 Å². The summed E-state index contributed by atoms with van der Waals surface area (Å²) in [7, 11) is 0. The number of hydrogen-bond donors (Lipinski definition) is 2. The third kappa shape index (κ3) is 4.25. The number of benzene rings is 1. The Labute approximate surface area is 152 Å². The zero-order valence-corrected chi connectivity index (χ0v) is 15.3. The lowest BCUT2D eigenvalue weighted by Gasteiger charge is -2.32. The Morgan fingerprint density at radius 1 is 1.32 bits per heavy atom. The average molecular weight is 366 g/mol. The molecular formula is C18H24ClN3O3. The van der Waals surface area contributed by atoms with E-state index in [1.54, 1.807) is 17.0 Å². The molecule has 0 unspecified atom stereocenters. The van der Waals surface area contributed by atoms with Gasteiger partial charge in [0.2, 0.25) is 5.91 Å². The normalized spacial score (nSPS) is 25.1. The number of likely N-dealkylation sites (tertiary alicyclic amines) is 1. The van der Waals surface area contributed by atoms with Crippen LogP contribution in [0.2, 0.25) is 5.02 Å². The van der Waals surface area contributed by atoms with Crippen molar-refractivity contribution in [3.63, 3.8) is 0 Å². The summed E-state index contributed by atoms with van der Waals surface area (Å²) < 4.78 is 5.88. The smallest absolute Gasteiger partial charge is 0.322 e. The molecule has 2 bridgehead atoms. The third-order valence-corrected chi connectivity index (χ3v) is 4.91. The number of urea groups is 1. The lowest BCUT2D eigenvalue weighted by atomic mass is 9.99. The Bertz CT molecular complexity index is 652. The number of morpholine rings is 1. The van der Waals surface area contributed by atoms with E-state index in [2.05, 4.69) is 24.5 Å². The summed E-state index contributed by atoms with van der Waals surface area (Å²) in [5.74, 6) is 0.236. The number of fused-ring (bicyclic) bond motifs is 2. The highest BCUT2D eigenvalue weighted by atomic mass is 35.5. The van der Waals surface area contributed by atoms with Crippen LogP contribution in [0.4, 0.5) is 10.5 Å². The van der Waals surface area contributed by atoms with Crippen molar-refractivity contribution in [1.82, 2.24) is 10.2 Å². The molecule has 25 heavy (non-hydrogen) atoms. The molecule has 6 nitrogen and oxygen atoms in total. The molecule has 2 fully saturated rings. The molecule has 3 atom stereocenters. The van der Waals surface area contributed by atoms with Crippen molar-refractivity contribution in [1.29, 1.82) is 0 Å². The maximum Gasteiger partial charge on any atom is 0.322 e. The zero-order valence-electron chi connectivity index (χ0n) is 14.5. The van der Waals surface area contributed by atoms with Gasteiger partial charge in [-0.15, -0.1) is 0 Å². The SMILES string of the molecule is CC(C)CNC(=O)[C@@H]1C[C@H]2CN(C(=O)Nc3ccccc3Cl)C[C@@H]1O2. The predicted octanol–water partition coefficient (Wildman–Crippen LogP) is 2.73. The fourth-order valence-corrected chi connectivity index (χ4v) is 3.48. The largest absolute Gasteiger partial charge is 0.370 e. The van der Waals surface area contributed by atoms with Crippen LogP contribution in [0.25, 0.3) is 0 Å². The van der Waals surface area contributed by atoms with Crippen LogP contribution in [0.3, 0.4) is 0 Å². The first-order valence-electron chi connectivity index (χ1n) is 8.67. The van der Waals surface area contributed by atoms with E-state index in [1.165, 1.54) is 0 Å². The van der Waals surface area contributed by atoms with Gasteiger partial charge in [0, 0.05) is 19.6 Å². The molecular weight excluding hydrogens is 342 g/mol. The van der Waals surface area contributed by atoms with Gasteiger partial charge in [0.05, 0.1) is 28.8 Å². The summed E-state index contributed by atoms with van der Waals surface area (Å²) in [5.41, 5.74) is 0.583. The van der Waals surface area contributed by atoms with Crippen molar-refractivity contribution in [3.05, 3.63) is 29.3 Å². The summed E-state index contributed by atoms with van der Waals surface area (Å²) in [5, 5.41) is 6.30. The summed E-state index contributed by atoms with van der Waals surface area (Å²) in [6, 6.07) is 6.91. The predicted molar refractivity (Wildman–Crippen MR) is 96.7 cm³/mol. The van der Waals surface area contributed by atoms with E-state index in [-0.39, 0.29) is 30.1 Å². The molecule has 1 aromatic rings. The zero-order chi connectivity index (χ0) is 18.0. The van der Waals surface area contributed by atoms with Crippen molar-refractivity contribution in [2.75, 3.05) is 25.0 Å². The second-order valence-corrected chi connectivity index (χ2v) is 7.50. The molecule has 3 amide bonds. The molecule has 3 rings (SSSR count). The van der Waals surface area contributed by atoms with Crippen LogP contribution in [0.5, 0.6) is 0 Å². The Kier molecular flexibility index (Phi) is 5.49. The van der Waals surface area contributed by atoms with Gasteiger partial charge in [-0.2, -0.15) is 0 Å². The second-order valence-electron chi connectivity index (χ2n) is 7.09. The third-order valence-electron chi connectivity index (χ3n) is 4.58. The summed E-state index contributed by atoms with van der Waals surface area (Å²) in [4.78, 5) is 26.6. The minimum atomic E-state index is -0.247. The van der Waals surface area contributed by atoms with Gasteiger partial charge in [0.1, 0.15) is 0 Å². The van der Waals surface area contributed by atoms with Crippen LogP contribution in [0, 0.1) is 11.8 Å². The van der Waals surface area contributed by atoms with Crippen molar-refractivity contribution in [2.45, 2.75) is 32.5 Å². The standard InChI is InChI=1S/C18H24ClN3O3/c1-11(2)8-20-17(23)13-7-12-9-22(10-16(13)25-12)18(24)21-15-6-4-3-5-14(15)19/h3-6,11-13,16H,7-10H2,1-2H3,(H,20,23)(H,21,24)/t12-,13+,16-/m0/s1. The van der Waals surface area contributed by atoms with E-state index in [4.69, 9.17) is 16.3 Å². The van der Waals surface area contributed by atoms with Gasteiger partial charge in [-0.25, -0.2) is 4.79 Å². The molecule has 0 saturated carbocycles. The van der Waals surface area contributed by atoms with Crippen LogP contribution in [0.1, 0.15) is 20.3 Å². The first kappa shape index (κ1) is 18.0. The topological polar surface area (TPSA) is 70.7 Å². The van der Waals surface area contributed by atoms with Gasteiger partial charge in [-0.3, -0.25) is 4.79 Å². The quantitative estimate of drug-likeness (QED) is 0.861. The van der Waals surface area contributed by atoms with Gasteiger partial charge in [0.15, 0.2) is 0 Å². The maximum atomic E-state index is 12.5. The van der Waals surface area contributed by atoms with Gasteiger partial charge >= 0.3 is 6.03 Å². The molecule has 136 valence electrons. The highest BCUT2D eigenvalue weighted by molar-refractivity contribution is 6.33. The van der Waals surface area contributed by atoms with Crippen LogP contribution in [0.15, 0.2) is 24.3 Å².